The molecule has 10 heteroatoms. The molecule has 2 heterocycles. The molecule has 1 fully saturated rings. The summed E-state index contributed by atoms with van der Waals surface area (Å²) in [6, 6.07) is 14.3. The van der Waals surface area contributed by atoms with E-state index < -0.39 is 21.7 Å². The molecule has 4 rings (SSSR count). The lowest BCUT2D eigenvalue weighted by Gasteiger charge is -2.22. The first-order valence-corrected chi connectivity index (χ1v) is 12.8. The summed E-state index contributed by atoms with van der Waals surface area (Å²) >= 11 is 1.15. The van der Waals surface area contributed by atoms with Crippen LogP contribution in [0.1, 0.15) is 12.8 Å². The maximum absolute atomic E-state index is 14.4. The molecule has 2 aromatic carbocycles. The van der Waals surface area contributed by atoms with Gasteiger partial charge in [0.15, 0.2) is 6.61 Å². The fourth-order valence-electron chi connectivity index (χ4n) is 3.62. The second-order valence-electron chi connectivity index (χ2n) is 7.56. The monoisotopic (exact) mass is 489 g/mol. The molecule has 1 saturated heterocycles. The molecule has 0 atom stereocenters. The van der Waals surface area contributed by atoms with Crippen molar-refractivity contribution in [2.45, 2.75) is 17.1 Å². The Morgan fingerprint density at radius 3 is 2.52 bits per heavy atom. The predicted octanol–water partition coefficient (Wildman–Crippen LogP) is 4.33. The number of thiophene rings is 1. The van der Waals surface area contributed by atoms with Crippen LogP contribution in [0.4, 0.5) is 21.5 Å². The first kappa shape index (κ1) is 23.1. The van der Waals surface area contributed by atoms with Gasteiger partial charge in [0.05, 0.1) is 11.4 Å². The summed E-state index contributed by atoms with van der Waals surface area (Å²) in [5.74, 6) is -0.585. The molecule has 0 radical (unpaired) electrons. The number of hydrogen-bond acceptors (Lipinski definition) is 6. The van der Waals surface area contributed by atoms with Crippen molar-refractivity contribution >= 4 is 44.3 Å². The largest absolute Gasteiger partial charge is 0.484 e. The average Bonchev–Trinajstić information content (AvgIpc) is 3.54. The van der Waals surface area contributed by atoms with Gasteiger partial charge in [0.1, 0.15) is 21.5 Å². The maximum Gasteiger partial charge on any atom is 0.273 e. The van der Waals surface area contributed by atoms with E-state index >= 15 is 0 Å². The van der Waals surface area contributed by atoms with Crippen LogP contribution >= 0.6 is 11.3 Å². The van der Waals surface area contributed by atoms with Gasteiger partial charge in [0.25, 0.3) is 15.9 Å². The lowest BCUT2D eigenvalue weighted by Crippen LogP contribution is -2.26. The molecule has 1 aromatic heterocycles. The van der Waals surface area contributed by atoms with Crippen molar-refractivity contribution < 1.29 is 22.3 Å². The highest BCUT2D eigenvalue weighted by Crippen LogP contribution is 2.31. The van der Waals surface area contributed by atoms with E-state index in [-0.39, 0.29) is 16.5 Å². The zero-order valence-electron chi connectivity index (χ0n) is 18.0. The van der Waals surface area contributed by atoms with Gasteiger partial charge < -0.3 is 15.0 Å². The lowest BCUT2D eigenvalue weighted by atomic mass is 10.2. The zero-order valence-corrected chi connectivity index (χ0v) is 19.7. The third kappa shape index (κ3) is 5.12. The predicted molar refractivity (Wildman–Crippen MR) is 128 cm³/mol. The fraction of sp³-hybridized carbons (Fsp3) is 0.261. The summed E-state index contributed by atoms with van der Waals surface area (Å²) in [6.45, 7) is 1.34. The number of anilines is 3. The summed E-state index contributed by atoms with van der Waals surface area (Å²) in [5.41, 5.74) is 1.28. The van der Waals surface area contributed by atoms with Gasteiger partial charge in [-0.3, -0.25) is 9.10 Å². The van der Waals surface area contributed by atoms with Gasteiger partial charge in [-0.25, -0.2) is 12.8 Å². The molecular formula is C23H24FN3O4S2. The Labute approximate surface area is 196 Å². The van der Waals surface area contributed by atoms with Gasteiger partial charge in [-0.05, 0) is 60.7 Å². The van der Waals surface area contributed by atoms with E-state index in [0.29, 0.717) is 17.1 Å². The van der Waals surface area contributed by atoms with Gasteiger partial charge in [-0.15, -0.1) is 11.3 Å². The minimum atomic E-state index is -3.63. The second kappa shape index (κ2) is 9.80. The Morgan fingerprint density at radius 1 is 1.12 bits per heavy atom. The van der Waals surface area contributed by atoms with E-state index in [1.54, 1.807) is 53.9 Å². The SMILES string of the molecule is CN(c1ccc(OCC(=O)Nc2c(F)cccc2N2CCCC2)cc1)S(=O)(=O)c1cccs1. The molecule has 0 spiro atoms. The Bertz CT molecular complexity index is 1210. The number of halogens is 1. The van der Waals surface area contributed by atoms with Crippen molar-refractivity contribution in [3.8, 4) is 5.75 Å². The molecule has 1 N–H and O–H groups in total. The molecule has 0 unspecified atom stereocenters. The molecule has 1 amide bonds. The number of sulfonamides is 1. The van der Waals surface area contributed by atoms with Crippen molar-refractivity contribution in [1.82, 2.24) is 0 Å². The van der Waals surface area contributed by atoms with Gasteiger partial charge in [-0.2, -0.15) is 0 Å². The number of rotatable bonds is 8. The normalized spacial score (nSPS) is 13.7. The van der Waals surface area contributed by atoms with Crippen LogP contribution in [0.3, 0.4) is 0 Å². The highest BCUT2D eigenvalue weighted by Gasteiger charge is 2.22. The first-order valence-electron chi connectivity index (χ1n) is 10.4. The third-order valence-electron chi connectivity index (χ3n) is 5.38. The topological polar surface area (TPSA) is 79.0 Å². The number of carbonyl (C=O) groups excluding carboxylic acids is 1. The summed E-state index contributed by atoms with van der Waals surface area (Å²) in [6.07, 6.45) is 2.07. The molecule has 3 aromatic rings. The smallest absolute Gasteiger partial charge is 0.273 e. The molecule has 1 aliphatic rings. The number of nitrogens with one attached hydrogen (secondary N) is 1. The summed E-state index contributed by atoms with van der Waals surface area (Å²) in [7, 11) is -2.15. The van der Waals surface area contributed by atoms with Crippen LogP contribution in [-0.4, -0.2) is 41.1 Å². The number of ether oxygens (including phenoxy) is 1. The van der Waals surface area contributed by atoms with Gasteiger partial charge >= 0.3 is 0 Å². The maximum atomic E-state index is 14.4. The minimum Gasteiger partial charge on any atom is -0.484 e. The molecule has 7 nitrogen and oxygen atoms in total. The van der Waals surface area contributed by atoms with Crippen molar-refractivity contribution in [3.05, 3.63) is 65.8 Å². The fourth-order valence-corrected chi connectivity index (χ4v) is 5.98. The van der Waals surface area contributed by atoms with E-state index in [1.807, 2.05) is 0 Å². The molecular weight excluding hydrogens is 465 g/mol. The summed E-state index contributed by atoms with van der Waals surface area (Å²) in [4.78, 5) is 14.5. The van der Waals surface area contributed by atoms with E-state index in [1.165, 1.54) is 17.4 Å². The summed E-state index contributed by atoms with van der Waals surface area (Å²) < 4.78 is 46.6. The van der Waals surface area contributed by atoms with Crippen LogP contribution in [0.2, 0.25) is 0 Å². The molecule has 174 valence electrons. The molecule has 1 aliphatic heterocycles. The van der Waals surface area contributed by atoms with Crippen molar-refractivity contribution in [2.75, 3.05) is 41.3 Å². The lowest BCUT2D eigenvalue weighted by molar-refractivity contribution is -0.118. The van der Waals surface area contributed by atoms with Crippen molar-refractivity contribution in [1.29, 1.82) is 0 Å². The highest BCUT2D eigenvalue weighted by molar-refractivity contribution is 7.94. The molecule has 0 bridgehead atoms. The van der Waals surface area contributed by atoms with Crippen LogP contribution in [0.15, 0.2) is 64.2 Å². The Balaban J connectivity index is 1.38. The van der Waals surface area contributed by atoms with Crippen LogP contribution in [0.25, 0.3) is 0 Å². The van der Waals surface area contributed by atoms with Crippen LogP contribution in [0.5, 0.6) is 5.75 Å². The van der Waals surface area contributed by atoms with Crippen LogP contribution < -0.4 is 19.3 Å². The van der Waals surface area contributed by atoms with E-state index in [0.717, 1.165) is 37.3 Å². The van der Waals surface area contributed by atoms with Gasteiger partial charge in [-0.1, -0.05) is 12.1 Å². The van der Waals surface area contributed by atoms with Crippen molar-refractivity contribution in [3.63, 3.8) is 0 Å². The number of hydrogen-bond donors (Lipinski definition) is 1. The zero-order chi connectivity index (χ0) is 23.4. The van der Waals surface area contributed by atoms with Gasteiger partial charge in [0.2, 0.25) is 0 Å². The number of benzene rings is 2. The number of nitrogens with zero attached hydrogens (tertiary/aromatic N) is 2. The van der Waals surface area contributed by atoms with E-state index in [9.17, 15) is 17.6 Å². The standard InChI is InChI=1S/C23H24FN3O4S2/c1-26(33(29,30)22-8-5-15-32-22)17-9-11-18(12-10-17)31-16-21(28)25-23-19(24)6-4-7-20(23)27-13-2-3-14-27/h4-12,15H,2-3,13-14,16H2,1H3,(H,25,28). The van der Waals surface area contributed by atoms with Crippen LogP contribution in [-0.2, 0) is 14.8 Å². The third-order valence-corrected chi connectivity index (χ3v) is 8.54. The Morgan fingerprint density at radius 2 is 1.85 bits per heavy atom. The molecule has 0 saturated carbocycles. The van der Waals surface area contributed by atoms with Gasteiger partial charge in [0, 0.05) is 20.1 Å². The van der Waals surface area contributed by atoms with Crippen molar-refractivity contribution in [2.24, 2.45) is 0 Å². The van der Waals surface area contributed by atoms with E-state index in [4.69, 9.17) is 4.74 Å². The number of amides is 1. The number of carbonyl (C=O) groups is 1. The summed E-state index contributed by atoms with van der Waals surface area (Å²) in [5, 5.41) is 4.33. The first-order chi connectivity index (χ1) is 15.9. The average molecular weight is 490 g/mol. The molecule has 33 heavy (non-hydrogen) atoms. The van der Waals surface area contributed by atoms with Crippen LogP contribution in [0, 0.1) is 5.82 Å². The Kier molecular flexibility index (Phi) is 6.85. The molecule has 0 aliphatic carbocycles. The highest BCUT2D eigenvalue weighted by atomic mass is 32.2. The Hall–Kier alpha value is -3.11. The number of para-hydroxylation sites is 1. The van der Waals surface area contributed by atoms with E-state index in [2.05, 4.69) is 10.2 Å². The quantitative estimate of drug-likeness (QED) is 0.510. The second-order valence-corrected chi connectivity index (χ2v) is 10.7. The minimum absolute atomic E-state index is 0.156.